The van der Waals surface area contributed by atoms with Gasteiger partial charge in [0, 0.05) is 9.75 Å². The van der Waals surface area contributed by atoms with E-state index in [0.717, 1.165) is 9.75 Å². The third-order valence-electron chi connectivity index (χ3n) is 2.19. The molecule has 0 bridgehead atoms. The van der Waals surface area contributed by atoms with Gasteiger partial charge in [-0.15, -0.1) is 22.7 Å². The van der Waals surface area contributed by atoms with Crippen molar-refractivity contribution in [2.75, 3.05) is 5.32 Å². The number of carbonyl (C=O) groups is 2. The van der Waals surface area contributed by atoms with Crippen LogP contribution in [-0.4, -0.2) is 11.9 Å². The molecule has 0 atom stereocenters. The van der Waals surface area contributed by atoms with E-state index in [1.807, 2.05) is 6.07 Å². The largest absolute Gasteiger partial charge is 0.366 e. The van der Waals surface area contributed by atoms with E-state index < -0.39 is 11.9 Å². The van der Waals surface area contributed by atoms with Gasteiger partial charge in [0.2, 0.25) is 0 Å². The summed E-state index contributed by atoms with van der Waals surface area (Å²) in [4.78, 5) is 24.3. The van der Waals surface area contributed by atoms with Crippen molar-refractivity contribution in [1.82, 2.24) is 0 Å². The maximum atomic E-state index is 11.3. The van der Waals surface area contributed by atoms with Crippen molar-refractivity contribution in [2.45, 2.75) is 0 Å². The fourth-order valence-electron chi connectivity index (χ4n) is 1.43. The van der Waals surface area contributed by atoms with Gasteiger partial charge in [-0.3, -0.25) is 10.1 Å². The first kappa shape index (κ1) is 13.1. The van der Waals surface area contributed by atoms with Gasteiger partial charge >= 0.3 is 6.03 Å². The summed E-state index contributed by atoms with van der Waals surface area (Å²) in [6.07, 6.45) is 0. The number of hydrogen-bond acceptors (Lipinski definition) is 5. The lowest BCUT2D eigenvalue weighted by Crippen LogP contribution is -2.21. The third kappa shape index (κ3) is 2.73. The Balaban J connectivity index is 2.45. The summed E-state index contributed by atoms with van der Waals surface area (Å²) in [7, 11) is 0. The van der Waals surface area contributed by atoms with Crippen molar-refractivity contribution >= 4 is 39.6 Å². The summed E-state index contributed by atoms with van der Waals surface area (Å²) in [5.41, 5.74) is 10.5. The number of rotatable bonds is 3. The first-order valence-corrected chi connectivity index (χ1v) is 6.65. The predicted molar refractivity (Wildman–Crippen MR) is 74.1 cm³/mol. The highest BCUT2D eigenvalue weighted by molar-refractivity contribution is 7.24. The Morgan fingerprint density at radius 3 is 2.47 bits per heavy atom. The Morgan fingerprint density at radius 2 is 1.95 bits per heavy atom. The lowest BCUT2D eigenvalue weighted by Gasteiger charge is -1.98. The van der Waals surface area contributed by atoms with Crippen molar-refractivity contribution in [2.24, 2.45) is 11.5 Å². The van der Waals surface area contributed by atoms with Crippen LogP contribution in [-0.2, 0) is 0 Å². The maximum absolute atomic E-state index is 11.3. The average molecular weight is 292 g/mol. The number of carbonyl (C=O) groups excluding carboxylic acids is 2. The molecule has 0 aliphatic heterocycles. The molecule has 96 valence electrons. The van der Waals surface area contributed by atoms with Crippen LogP contribution in [0.2, 0.25) is 0 Å². The average Bonchev–Trinajstić information content (AvgIpc) is 2.93. The minimum Gasteiger partial charge on any atom is -0.366 e. The molecule has 5 N–H and O–H groups in total. The standard InChI is InChI=1S/C11H8N4O2S2/c12-4-5-1-2-7(18-5)8-3-6(9(13)16)10(19-8)15-11(14)17/h1-3H,(H2,13,16)(H3,14,15,17). The molecule has 3 amide bonds. The van der Waals surface area contributed by atoms with Crippen LogP contribution >= 0.6 is 22.7 Å². The zero-order valence-corrected chi connectivity index (χ0v) is 11.1. The summed E-state index contributed by atoms with van der Waals surface area (Å²) in [5.74, 6) is -0.650. The normalized spacial score (nSPS) is 9.84. The first-order chi connectivity index (χ1) is 9.01. The van der Waals surface area contributed by atoms with Crippen LogP contribution in [0.4, 0.5) is 9.80 Å². The van der Waals surface area contributed by atoms with Gasteiger partial charge in [0.25, 0.3) is 5.91 Å². The molecule has 0 saturated heterocycles. The Kier molecular flexibility index (Phi) is 3.50. The highest BCUT2D eigenvalue weighted by Gasteiger charge is 2.16. The van der Waals surface area contributed by atoms with Crippen molar-refractivity contribution in [3.05, 3.63) is 28.6 Å². The number of anilines is 1. The monoisotopic (exact) mass is 292 g/mol. The molecule has 2 aromatic heterocycles. The number of amides is 3. The van der Waals surface area contributed by atoms with Gasteiger partial charge in [0.05, 0.1) is 5.56 Å². The van der Waals surface area contributed by atoms with E-state index in [1.54, 1.807) is 18.2 Å². The Labute approximate surface area is 116 Å². The molecule has 19 heavy (non-hydrogen) atoms. The van der Waals surface area contributed by atoms with E-state index in [1.165, 1.54) is 22.7 Å². The lowest BCUT2D eigenvalue weighted by molar-refractivity contribution is 0.100. The summed E-state index contributed by atoms with van der Waals surface area (Å²) < 4.78 is 0. The fraction of sp³-hybridized carbons (Fsp3) is 0. The molecule has 0 saturated carbocycles. The van der Waals surface area contributed by atoms with E-state index in [0.29, 0.717) is 9.88 Å². The summed E-state index contributed by atoms with van der Waals surface area (Å²) in [6, 6.07) is 6.30. The second-order valence-corrected chi connectivity index (χ2v) is 5.62. The van der Waals surface area contributed by atoms with Gasteiger partial charge in [-0.05, 0) is 18.2 Å². The van der Waals surface area contributed by atoms with Crippen LogP contribution in [0.1, 0.15) is 15.2 Å². The highest BCUT2D eigenvalue weighted by atomic mass is 32.1. The molecule has 0 aliphatic carbocycles. The van der Waals surface area contributed by atoms with E-state index in [-0.39, 0.29) is 5.56 Å². The molecule has 0 spiro atoms. The molecule has 8 heteroatoms. The number of nitriles is 1. The van der Waals surface area contributed by atoms with Gasteiger partial charge in [-0.2, -0.15) is 5.26 Å². The topological polar surface area (TPSA) is 122 Å². The van der Waals surface area contributed by atoms with Gasteiger partial charge in [-0.25, -0.2) is 4.79 Å². The maximum Gasteiger partial charge on any atom is 0.317 e. The van der Waals surface area contributed by atoms with Gasteiger partial charge in [0.1, 0.15) is 15.9 Å². The zero-order valence-electron chi connectivity index (χ0n) is 9.47. The van der Waals surface area contributed by atoms with Crippen LogP contribution in [0.5, 0.6) is 0 Å². The number of nitrogens with one attached hydrogen (secondary N) is 1. The second kappa shape index (κ2) is 5.09. The minimum absolute atomic E-state index is 0.200. The van der Waals surface area contributed by atoms with Crippen molar-refractivity contribution in [1.29, 1.82) is 5.26 Å². The molecule has 2 rings (SSSR count). The van der Waals surface area contributed by atoms with Crippen LogP contribution in [0, 0.1) is 11.3 Å². The van der Waals surface area contributed by atoms with E-state index in [4.69, 9.17) is 16.7 Å². The lowest BCUT2D eigenvalue weighted by atomic mass is 10.2. The first-order valence-electron chi connectivity index (χ1n) is 5.01. The summed E-state index contributed by atoms with van der Waals surface area (Å²) in [5, 5.41) is 11.5. The van der Waals surface area contributed by atoms with Crippen molar-refractivity contribution in [3.63, 3.8) is 0 Å². The molecule has 2 aromatic rings. The number of urea groups is 1. The molecule has 0 unspecified atom stereocenters. The van der Waals surface area contributed by atoms with Crippen LogP contribution in [0.3, 0.4) is 0 Å². The highest BCUT2D eigenvalue weighted by Crippen LogP contribution is 2.38. The SMILES string of the molecule is N#Cc1ccc(-c2cc(C(N)=O)c(NC(N)=O)s2)s1. The van der Waals surface area contributed by atoms with E-state index >= 15 is 0 Å². The molecular weight excluding hydrogens is 284 g/mol. The molecular formula is C11H8N4O2S2. The summed E-state index contributed by atoms with van der Waals surface area (Å²) >= 11 is 2.47. The van der Waals surface area contributed by atoms with Gasteiger partial charge in [-0.1, -0.05) is 0 Å². The molecule has 2 heterocycles. The van der Waals surface area contributed by atoms with Gasteiger partial charge < -0.3 is 11.5 Å². The quantitative estimate of drug-likeness (QED) is 0.801. The number of thiophene rings is 2. The number of nitrogens with zero attached hydrogens (tertiary/aromatic N) is 1. The fourth-order valence-corrected chi connectivity index (χ4v) is 3.38. The smallest absolute Gasteiger partial charge is 0.317 e. The number of nitrogens with two attached hydrogens (primary N) is 2. The predicted octanol–water partition coefficient (Wildman–Crippen LogP) is 1.94. The van der Waals surface area contributed by atoms with E-state index in [9.17, 15) is 9.59 Å². The van der Waals surface area contributed by atoms with Crippen LogP contribution < -0.4 is 16.8 Å². The third-order valence-corrected chi connectivity index (χ3v) is 4.43. The summed E-state index contributed by atoms with van der Waals surface area (Å²) in [6.45, 7) is 0. The molecule has 6 nitrogen and oxygen atoms in total. The Hall–Kier alpha value is -2.37. The van der Waals surface area contributed by atoms with E-state index in [2.05, 4.69) is 5.32 Å². The Bertz CT molecular complexity index is 696. The van der Waals surface area contributed by atoms with Gasteiger partial charge in [0.15, 0.2) is 0 Å². The van der Waals surface area contributed by atoms with Crippen molar-refractivity contribution in [3.8, 4) is 15.8 Å². The number of primary amides is 2. The zero-order chi connectivity index (χ0) is 14.0. The molecule has 0 aliphatic rings. The van der Waals surface area contributed by atoms with Crippen LogP contribution in [0.25, 0.3) is 9.75 Å². The molecule has 0 radical (unpaired) electrons. The van der Waals surface area contributed by atoms with Crippen LogP contribution in [0.15, 0.2) is 18.2 Å². The molecule has 0 aromatic carbocycles. The second-order valence-electron chi connectivity index (χ2n) is 3.48. The minimum atomic E-state index is -0.764. The Morgan fingerprint density at radius 1 is 1.21 bits per heavy atom. The number of hydrogen-bond donors (Lipinski definition) is 3. The van der Waals surface area contributed by atoms with Crippen molar-refractivity contribution < 1.29 is 9.59 Å². The molecule has 0 fully saturated rings.